The van der Waals surface area contributed by atoms with Crippen molar-refractivity contribution in [1.82, 2.24) is 20.2 Å². The summed E-state index contributed by atoms with van der Waals surface area (Å²) in [5, 5.41) is 3.47. The number of hydrogen-bond acceptors (Lipinski definition) is 7. The van der Waals surface area contributed by atoms with E-state index in [9.17, 15) is 13.2 Å². The van der Waals surface area contributed by atoms with Crippen LogP contribution in [-0.2, 0) is 10.0 Å². The van der Waals surface area contributed by atoms with Crippen molar-refractivity contribution >= 4 is 21.9 Å². The Balaban J connectivity index is 1.42. The summed E-state index contributed by atoms with van der Waals surface area (Å²) in [6.07, 6.45) is 9.30. The van der Waals surface area contributed by atoms with Crippen LogP contribution in [0.25, 0.3) is 0 Å². The Morgan fingerprint density at radius 1 is 1.07 bits per heavy atom. The van der Waals surface area contributed by atoms with E-state index in [0.29, 0.717) is 17.4 Å². The van der Waals surface area contributed by atoms with Gasteiger partial charge < -0.3 is 15.0 Å². The summed E-state index contributed by atoms with van der Waals surface area (Å²) in [7, 11) is -4.05. The normalized spacial score (nSPS) is 26.8. The molecule has 9 nitrogen and oxygen atoms in total. The van der Waals surface area contributed by atoms with Gasteiger partial charge in [-0.2, -0.15) is 4.98 Å². The number of nitrogens with zero attached hydrogens (tertiary/aromatic N) is 3. The maximum atomic E-state index is 14.4. The second-order valence-electron chi connectivity index (χ2n) is 14.5. The summed E-state index contributed by atoms with van der Waals surface area (Å²) in [6.45, 7) is 11.2. The number of nitrogens with one attached hydrogen (secondary N) is 2. The van der Waals surface area contributed by atoms with Gasteiger partial charge in [-0.15, -0.1) is 0 Å². The fraction of sp³-hybridized carbons (Fsp3) is 0.667. The van der Waals surface area contributed by atoms with Crippen LogP contribution in [0.5, 0.6) is 5.88 Å². The molecule has 2 atom stereocenters. The second kappa shape index (κ2) is 11.7. The number of fused-ring (bicyclic) bond motifs is 4. The predicted molar refractivity (Wildman–Crippen MR) is 167 cm³/mol. The fourth-order valence-corrected chi connectivity index (χ4v) is 9.02. The standard InChI is InChI=1S/C33H47N5O4S/c1-22(2)16-24-21-42-29-18-28(27-10-5-6-11-32(27,3)4)35-31(36-29)37-43(40,41)26-9-7-8-23(17-26)30(39)38(24)25-19-33(20-25)12-14-34-15-13-33/h7-9,17-18,22,24-25,27,34H,5-6,10-16,19-21H2,1-4H3,(H,35,36,37)/t24-,27?/m1/s1. The van der Waals surface area contributed by atoms with Crippen LogP contribution in [0, 0.1) is 16.7 Å². The molecule has 1 aromatic carbocycles. The van der Waals surface area contributed by atoms with Crippen molar-refractivity contribution in [2.45, 2.75) is 108 Å². The minimum absolute atomic E-state index is 0.00829. The molecule has 2 aliphatic heterocycles. The van der Waals surface area contributed by atoms with Crippen LogP contribution in [0.1, 0.15) is 107 Å². The Bertz CT molecular complexity index is 1440. The van der Waals surface area contributed by atoms with Gasteiger partial charge >= 0.3 is 0 Å². The monoisotopic (exact) mass is 609 g/mol. The fourth-order valence-electron chi connectivity index (χ4n) is 8.03. The summed E-state index contributed by atoms with van der Waals surface area (Å²) in [5.74, 6) is 0.713. The first-order chi connectivity index (χ1) is 20.4. The number of sulfonamides is 1. The van der Waals surface area contributed by atoms with Gasteiger partial charge in [0.25, 0.3) is 15.9 Å². The molecule has 0 radical (unpaired) electrons. The van der Waals surface area contributed by atoms with E-state index in [2.05, 4.69) is 42.7 Å². The van der Waals surface area contributed by atoms with E-state index in [1.807, 2.05) is 11.0 Å². The number of carbonyl (C=O) groups excluding carboxylic acids is 1. The van der Waals surface area contributed by atoms with Gasteiger partial charge in [-0.05, 0) is 93.0 Å². The van der Waals surface area contributed by atoms with Gasteiger partial charge in [0.2, 0.25) is 11.8 Å². The molecule has 1 aromatic heterocycles. The third-order valence-electron chi connectivity index (χ3n) is 10.4. The summed E-state index contributed by atoms with van der Waals surface area (Å²) in [6, 6.07) is 8.18. The van der Waals surface area contributed by atoms with E-state index in [-0.39, 0.29) is 52.2 Å². The van der Waals surface area contributed by atoms with Crippen LogP contribution >= 0.6 is 0 Å². The van der Waals surface area contributed by atoms with Crippen LogP contribution in [0.15, 0.2) is 35.2 Å². The van der Waals surface area contributed by atoms with Crippen molar-refractivity contribution in [3.8, 4) is 5.88 Å². The van der Waals surface area contributed by atoms with E-state index in [0.717, 1.165) is 70.2 Å². The molecule has 4 bridgehead atoms. The highest BCUT2D eigenvalue weighted by Crippen LogP contribution is 2.51. The van der Waals surface area contributed by atoms with Gasteiger partial charge in [-0.1, -0.05) is 46.6 Å². The van der Waals surface area contributed by atoms with Gasteiger partial charge in [0, 0.05) is 23.6 Å². The zero-order chi connectivity index (χ0) is 30.4. The first-order valence-corrected chi connectivity index (χ1v) is 17.6. The van der Waals surface area contributed by atoms with Crippen molar-refractivity contribution in [2.75, 3.05) is 24.4 Å². The van der Waals surface area contributed by atoms with Crippen molar-refractivity contribution in [1.29, 1.82) is 0 Å². The number of amides is 1. The van der Waals surface area contributed by atoms with Crippen molar-refractivity contribution in [3.63, 3.8) is 0 Å². The Morgan fingerprint density at radius 3 is 2.56 bits per heavy atom. The molecule has 6 rings (SSSR count). The number of anilines is 1. The largest absolute Gasteiger partial charge is 0.475 e. The number of hydrogen-bond donors (Lipinski definition) is 2. The molecule has 234 valence electrons. The maximum absolute atomic E-state index is 14.4. The average molecular weight is 610 g/mol. The highest BCUT2D eigenvalue weighted by Gasteiger charge is 2.49. The van der Waals surface area contributed by atoms with E-state index >= 15 is 0 Å². The Kier molecular flexibility index (Phi) is 8.21. The molecule has 1 unspecified atom stereocenters. The van der Waals surface area contributed by atoms with Crippen LogP contribution in [0.4, 0.5) is 5.95 Å². The summed E-state index contributed by atoms with van der Waals surface area (Å²) < 4.78 is 36.3. The lowest BCUT2D eigenvalue weighted by Gasteiger charge is -2.55. The van der Waals surface area contributed by atoms with E-state index in [4.69, 9.17) is 9.72 Å². The van der Waals surface area contributed by atoms with Crippen LogP contribution in [0.3, 0.4) is 0 Å². The molecule has 2 aliphatic carbocycles. The Hall–Kier alpha value is -2.72. The van der Waals surface area contributed by atoms with E-state index in [1.165, 1.54) is 18.6 Å². The number of rotatable bonds is 4. The summed E-state index contributed by atoms with van der Waals surface area (Å²) >= 11 is 0. The third-order valence-corrected chi connectivity index (χ3v) is 11.7. The van der Waals surface area contributed by atoms with Crippen molar-refractivity contribution in [2.24, 2.45) is 16.7 Å². The zero-order valence-corrected chi connectivity index (χ0v) is 26.9. The SMILES string of the molecule is CC(C)C[C@@H]1COc2cc(C3CCCCC3(C)C)nc(n2)NS(=O)(=O)c2cccc(c2)C(=O)N1C1CC2(CCNCC2)C1. The van der Waals surface area contributed by atoms with Crippen LogP contribution < -0.4 is 14.8 Å². The molecule has 43 heavy (non-hydrogen) atoms. The number of aromatic nitrogens is 2. The highest BCUT2D eigenvalue weighted by molar-refractivity contribution is 7.92. The zero-order valence-electron chi connectivity index (χ0n) is 26.1. The molecular formula is C33H47N5O4S. The lowest BCUT2D eigenvalue weighted by Crippen LogP contribution is -2.59. The molecule has 2 saturated carbocycles. The first-order valence-electron chi connectivity index (χ1n) is 16.1. The average Bonchev–Trinajstić information content (AvgIpc) is 2.94. The number of piperidine rings is 1. The molecule has 2 N–H and O–H groups in total. The quantitative estimate of drug-likeness (QED) is 0.454. The van der Waals surface area contributed by atoms with E-state index < -0.39 is 10.0 Å². The Labute approximate surface area is 256 Å². The number of benzene rings is 1. The summed E-state index contributed by atoms with van der Waals surface area (Å²) in [4.78, 5) is 25.7. The number of carbonyl (C=O) groups is 1. The van der Waals surface area contributed by atoms with Gasteiger partial charge in [0.05, 0.1) is 16.6 Å². The van der Waals surface area contributed by atoms with Crippen LogP contribution in [0.2, 0.25) is 0 Å². The van der Waals surface area contributed by atoms with Crippen molar-refractivity contribution < 1.29 is 17.9 Å². The smallest absolute Gasteiger partial charge is 0.264 e. The van der Waals surface area contributed by atoms with E-state index in [1.54, 1.807) is 12.1 Å². The molecule has 4 aliphatic rings. The molecule has 1 amide bonds. The number of ether oxygens (including phenoxy) is 1. The lowest BCUT2D eigenvalue weighted by atomic mass is 9.60. The molecule has 3 fully saturated rings. The van der Waals surface area contributed by atoms with Crippen molar-refractivity contribution in [3.05, 3.63) is 41.6 Å². The molecular weight excluding hydrogens is 562 g/mol. The maximum Gasteiger partial charge on any atom is 0.264 e. The summed E-state index contributed by atoms with van der Waals surface area (Å²) in [5.41, 5.74) is 1.48. The third kappa shape index (κ3) is 6.27. The minimum atomic E-state index is -4.05. The topological polar surface area (TPSA) is 114 Å². The van der Waals surface area contributed by atoms with Gasteiger partial charge in [0.15, 0.2) is 0 Å². The lowest BCUT2D eigenvalue weighted by molar-refractivity contribution is -0.0368. The molecule has 2 aromatic rings. The second-order valence-corrected chi connectivity index (χ2v) is 16.2. The Morgan fingerprint density at radius 2 is 1.84 bits per heavy atom. The highest BCUT2D eigenvalue weighted by atomic mass is 32.2. The molecule has 1 saturated heterocycles. The minimum Gasteiger partial charge on any atom is -0.475 e. The molecule has 1 spiro atoms. The molecule has 3 heterocycles. The first kappa shape index (κ1) is 30.3. The van der Waals surface area contributed by atoms with Gasteiger partial charge in [-0.25, -0.2) is 18.1 Å². The predicted octanol–water partition coefficient (Wildman–Crippen LogP) is 5.74. The van der Waals surface area contributed by atoms with Crippen LogP contribution in [-0.4, -0.2) is 61.0 Å². The van der Waals surface area contributed by atoms with Gasteiger partial charge in [0.1, 0.15) is 6.61 Å². The van der Waals surface area contributed by atoms with Gasteiger partial charge in [-0.3, -0.25) is 4.79 Å². The molecule has 10 heteroatoms.